The highest BCUT2D eigenvalue weighted by Crippen LogP contribution is 2.24. The SMILES string of the molecule is CCCN(Cc1nnc(-c2cccs2)o1)C(=O)COc1ccc([N+](=O)[O-])c(C)c1. The number of nitrogens with zero attached hydrogens (tertiary/aromatic N) is 4. The molecule has 0 saturated heterocycles. The predicted octanol–water partition coefficient (Wildman–Crippen LogP) is 3.83. The Kier molecular flexibility index (Phi) is 6.55. The van der Waals surface area contributed by atoms with Crippen molar-refractivity contribution >= 4 is 22.9 Å². The number of amides is 1. The first kappa shape index (κ1) is 20.5. The molecule has 1 amide bonds. The Bertz CT molecular complexity index is 986. The molecule has 152 valence electrons. The summed E-state index contributed by atoms with van der Waals surface area (Å²) in [6, 6.07) is 8.17. The molecule has 2 heterocycles. The molecular weight excluding hydrogens is 396 g/mol. The molecule has 0 aliphatic heterocycles. The number of hydrogen-bond acceptors (Lipinski definition) is 8. The minimum atomic E-state index is -0.456. The zero-order valence-electron chi connectivity index (χ0n) is 16.0. The van der Waals surface area contributed by atoms with Gasteiger partial charge in [0, 0.05) is 18.2 Å². The van der Waals surface area contributed by atoms with E-state index < -0.39 is 4.92 Å². The first-order valence-corrected chi connectivity index (χ1v) is 9.87. The molecule has 9 nitrogen and oxygen atoms in total. The number of thiophene rings is 1. The van der Waals surface area contributed by atoms with E-state index >= 15 is 0 Å². The van der Waals surface area contributed by atoms with Crippen LogP contribution in [0.4, 0.5) is 5.69 Å². The van der Waals surface area contributed by atoms with E-state index in [1.54, 1.807) is 17.9 Å². The molecule has 0 atom stereocenters. The second-order valence-corrected chi connectivity index (χ2v) is 7.24. The summed E-state index contributed by atoms with van der Waals surface area (Å²) in [5, 5.41) is 20.9. The average molecular weight is 416 g/mol. The number of hydrogen-bond donors (Lipinski definition) is 0. The average Bonchev–Trinajstić information content (AvgIpc) is 3.37. The predicted molar refractivity (Wildman–Crippen MR) is 107 cm³/mol. The number of nitro groups is 1. The lowest BCUT2D eigenvalue weighted by Crippen LogP contribution is -2.35. The highest BCUT2D eigenvalue weighted by molar-refractivity contribution is 7.13. The first-order valence-electron chi connectivity index (χ1n) is 8.99. The summed E-state index contributed by atoms with van der Waals surface area (Å²) in [6.07, 6.45) is 0.758. The lowest BCUT2D eigenvalue weighted by Gasteiger charge is -2.20. The van der Waals surface area contributed by atoms with Crippen molar-refractivity contribution in [2.45, 2.75) is 26.8 Å². The van der Waals surface area contributed by atoms with Gasteiger partial charge in [0.15, 0.2) is 6.61 Å². The van der Waals surface area contributed by atoms with E-state index in [4.69, 9.17) is 9.15 Å². The van der Waals surface area contributed by atoms with Crippen LogP contribution in [0.1, 0.15) is 24.8 Å². The summed E-state index contributed by atoms with van der Waals surface area (Å²) in [4.78, 5) is 25.5. The molecule has 0 aliphatic rings. The molecule has 29 heavy (non-hydrogen) atoms. The second kappa shape index (κ2) is 9.28. The van der Waals surface area contributed by atoms with E-state index in [9.17, 15) is 14.9 Å². The maximum absolute atomic E-state index is 12.6. The van der Waals surface area contributed by atoms with Crippen LogP contribution < -0.4 is 4.74 Å². The molecule has 0 saturated carbocycles. The number of nitro benzene ring substituents is 1. The third-order valence-corrected chi connectivity index (χ3v) is 4.96. The molecule has 0 unspecified atom stereocenters. The van der Waals surface area contributed by atoms with Gasteiger partial charge >= 0.3 is 0 Å². The molecule has 0 spiro atoms. The van der Waals surface area contributed by atoms with Crippen LogP contribution in [0.25, 0.3) is 10.8 Å². The van der Waals surface area contributed by atoms with Crippen LogP contribution in [0.2, 0.25) is 0 Å². The van der Waals surface area contributed by atoms with Gasteiger partial charge in [-0.25, -0.2) is 0 Å². The van der Waals surface area contributed by atoms with Crippen molar-refractivity contribution in [3.63, 3.8) is 0 Å². The van der Waals surface area contributed by atoms with Gasteiger partial charge in [-0.2, -0.15) is 0 Å². The van der Waals surface area contributed by atoms with Crippen LogP contribution in [0.5, 0.6) is 5.75 Å². The first-order chi connectivity index (χ1) is 14.0. The zero-order chi connectivity index (χ0) is 20.8. The lowest BCUT2D eigenvalue weighted by molar-refractivity contribution is -0.385. The van der Waals surface area contributed by atoms with E-state index in [0.29, 0.717) is 29.6 Å². The Morgan fingerprint density at radius 3 is 2.83 bits per heavy atom. The van der Waals surface area contributed by atoms with Crippen molar-refractivity contribution in [3.8, 4) is 16.5 Å². The third-order valence-electron chi connectivity index (χ3n) is 4.10. The van der Waals surface area contributed by atoms with Gasteiger partial charge in [0.1, 0.15) is 5.75 Å². The van der Waals surface area contributed by atoms with Crippen LogP contribution in [-0.4, -0.2) is 39.1 Å². The summed E-state index contributed by atoms with van der Waals surface area (Å²) in [6.45, 7) is 4.09. The molecular formula is C19H20N4O5S. The quantitative estimate of drug-likeness (QED) is 0.385. The maximum Gasteiger partial charge on any atom is 0.272 e. The molecule has 3 aromatic rings. The minimum Gasteiger partial charge on any atom is -0.484 e. The van der Waals surface area contributed by atoms with Crippen molar-refractivity contribution < 1.29 is 18.9 Å². The summed E-state index contributed by atoms with van der Waals surface area (Å²) >= 11 is 1.50. The standard InChI is InChI=1S/C19H20N4O5S/c1-3-8-22(11-17-20-21-19(28-17)16-5-4-9-29-16)18(24)12-27-14-6-7-15(23(25)26)13(2)10-14/h4-7,9-10H,3,8,11-12H2,1-2H3. The van der Waals surface area contributed by atoms with E-state index in [-0.39, 0.29) is 24.7 Å². The highest BCUT2D eigenvalue weighted by atomic mass is 32.1. The van der Waals surface area contributed by atoms with Crippen molar-refractivity contribution in [2.75, 3.05) is 13.2 Å². The van der Waals surface area contributed by atoms with E-state index in [2.05, 4.69) is 10.2 Å². The Labute approximate surface area is 171 Å². The van der Waals surface area contributed by atoms with Gasteiger partial charge in [-0.1, -0.05) is 13.0 Å². The summed E-state index contributed by atoms with van der Waals surface area (Å²) in [5.41, 5.74) is 0.478. The number of aromatic nitrogens is 2. The van der Waals surface area contributed by atoms with Gasteiger partial charge in [-0.05, 0) is 36.9 Å². The Morgan fingerprint density at radius 2 is 2.17 bits per heavy atom. The fraction of sp³-hybridized carbons (Fsp3) is 0.316. The van der Waals surface area contributed by atoms with E-state index in [1.807, 2.05) is 24.4 Å². The van der Waals surface area contributed by atoms with Crippen LogP contribution in [-0.2, 0) is 11.3 Å². The van der Waals surface area contributed by atoms with E-state index in [0.717, 1.165) is 11.3 Å². The number of rotatable bonds is 9. The van der Waals surface area contributed by atoms with Crippen LogP contribution in [0.15, 0.2) is 40.1 Å². The summed E-state index contributed by atoms with van der Waals surface area (Å²) in [7, 11) is 0. The van der Waals surface area contributed by atoms with Gasteiger partial charge < -0.3 is 14.1 Å². The van der Waals surface area contributed by atoms with Gasteiger partial charge in [0.25, 0.3) is 17.5 Å². The number of benzene rings is 1. The molecule has 2 aromatic heterocycles. The Balaban J connectivity index is 1.62. The fourth-order valence-electron chi connectivity index (χ4n) is 2.70. The van der Waals surface area contributed by atoms with Crippen molar-refractivity contribution in [1.82, 2.24) is 15.1 Å². The smallest absolute Gasteiger partial charge is 0.272 e. The molecule has 0 radical (unpaired) electrons. The third kappa shape index (κ3) is 5.17. The number of aryl methyl sites for hydroxylation is 1. The van der Waals surface area contributed by atoms with Gasteiger partial charge in [-0.3, -0.25) is 14.9 Å². The minimum absolute atomic E-state index is 0.00854. The maximum atomic E-state index is 12.6. The molecule has 1 aromatic carbocycles. The van der Waals surface area contributed by atoms with Gasteiger partial charge in [0.2, 0.25) is 5.89 Å². The monoisotopic (exact) mass is 416 g/mol. The summed E-state index contributed by atoms with van der Waals surface area (Å²) in [5.74, 6) is 0.937. The molecule has 10 heteroatoms. The fourth-order valence-corrected chi connectivity index (χ4v) is 3.35. The largest absolute Gasteiger partial charge is 0.484 e. The Hall–Kier alpha value is -3.27. The number of ether oxygens (including phenoxy) is 1. The normalized spacial score (nSPS) is 10.7. The molecule has 0 bridgehead atoms. The highest BCUT2D eigenvalue weighted by Gasteiger charge is 2.19. The number of carbonyl (C=O) groups is 1. The molecule has 0 aliphatic carbocycles. The number of carbonyl (C=O) groups excluding carboxylic acids is 1. The molecule has 3 rings (SSSR count). The Morgan fingerprint density at radius 1 is 1.34 bits per heavy atom. The van der Waals surface area contributed by atoms with Crippen LogP contribution in [0, 0.1) is 17.0 Å². The van der Waals surface area contributed by atoms with Gasteiger partial charge in [-0.15, -0.1) is 21.5 Å². The topological polar surface area (TPSA) is 112 Å². The van der Waals surface area contributed by atoms with Crippen molar-refractivity contribution in [1.29, 1.82) is 0 Å². The zero-order valence-corrected chi connectivity index (χ0v) is 16.8. The second-order valence-electron chi connectivity index (χ2n) is 6.29. The van der Waals surface area contributed by atoms with Crippen molar-refractivity contribution in [3.05, 3.63) is 57.3 Å². The summed E-state index contributed by atoms with van der Waals surface area (Å²) < 4.78 is 11.2. The molecule has 0 N–H and O–H groups in total. The van der Waals surface area contributed by atoms with Crippen LogP contribution in [0.3, 0.4) is 0 Å². The van der Waals surface area contributed by atoms with Crippen LogP contribution >= 0.6 is 11.3 Å². The van der Waals surface area contributed by atoms with Gasteiger partial charge in [0.05, 0.1) is 16.3 Å². The van der Waals surface area contributed by atoms with Crippen molar-refractivity contribution in [2.24, 2.45) is 0 Å². The van der Waals surface area contributed by atoms with E-state index in [1.165, 1.54) is 23.5 Å². The molecule has 0 fully saturated rings. The lowest BCUT2D eigenvalue weighted by atomic mass is 10.2.